The smallest absolute Gasteiger partial charge is 0.0791 e. The average molecular weight is 154 g/mol. The molecule has 0 atom stereocenters. The fourth-order valence-corrected chi connectivity index (χ4v) is 0.741. The van der Waals surface area contributed by atoms with Gasteiger partial charge < -0.3 is 5.11 Å². The number of rotatable bonds is 3. The molecule has 0 spiro atoms. The summed E-state index contributed by atoms with van der Waals surface area (Å²) in [4.78, 5) is 0. The van der Waals surface area contributed by atoms with Crippen LogP contribution in [0.25, 0.3) is 0 Å². The molecule has 0 aromatic heterocycles. The minimum absolute atomic E-state index is 0.410. The number of allylic oxidation sites excluding steroid dienone is 3. The maximum atomic E-state index is 8.29. The molecule has 0 fully saturated rings. The highest BCUT2D eigenvalue weighted by atomic mass is 16.2. The van der Waals surface area contributed by atoms with Crippen LogP contribution in [0, 0.1) is 5.41 Å². The predicted molar refractivity (Wildman–Crippen MR) is 49.6 cm³/mol. The standard InChI is InChI=1S/C10H18O/c1-10(2,3)8-6-4-5-7-9-11/h4-5,7,9,11H,6,8H2,1-3H3/b5-4+,9-7+. The van der Waals surface area contributed by atoms with Crippen molar-refractivity contribution in [3.63, 3.8) is 0 Å². The Morgan fingerprint density at radius 3 is 2.27 bits per heavy atom. The third kappa shape index (κ3) is 9.28. The van der Waals surface area contributed by atoms with Gasteiger partial charge in [-0.1, -0.05) is 32.9 Å². The van der Waals surface area contributed by atoms with E-state index in [1.807, 2.05) is 6.08 Å². The first-order chi connectivity index (χ1) is 5.06. The Morgan fingerprint density at radius 2 is 1.82 bits per heavy atom. The van der Waals surface area contributed by atoms with E-state index in [0.29, 0.717) is 5.41 Å². The first-order valence-electron chi connectivity index (χ1n) is 4.02. The molecule has 0 amide bonds. The summed E-state index contributed by atoms with van der Waals surface area (Å²) < 4.78 is 0. The fraction of sp³-hybridized carbons (Fsp3) is 0.600. The van der Waals surface area contributed by atoms with Crippen molar-refractivity contribution in [1.82, 2.24) is 0 Å². The topological polar surface area (TPSA) is 20.2 Å². The van der Waals surface area contributed by atoms with Gasteiger partial charge in [0.1, 0.15) is 0 Å². The molecule has 1 heteroatoms. The van der Waals surface area contributed by atoms with Crippen LogP contribution in [0.5, 0.6) is 0 Å². The molecule has 0 unspecified atom stereocenters. The number of aliphatic hydroxyl groups excluding tert-OH is 1. The Bertz CT molecular complexity index is 137. The van der Waals surface area contributed by atoms with E-state index in [1.54, 1.807) is 6.08 Å². The summed E-state index contributed by atoms with van der Waals surface area (Å²) in [6.45, 7) is 6.67. The van der Waals surface area contributed by atoms with Crippen LogP contribution in [0.15, 0.2) is 24.5 Å². The summed E-state index contributed by atoms with van der Waals surface area (Å²) >= 11 is 0. The normalized spacial score (nSPS) is 13.4. The Morgan fingerprint density at radius 1 is 1.18 bits per heavy atom. The first kappa shape index (κ1) is 10.3. The molecule has 0 bridgehead atoms. The zero-order chi connectivity index (χ0) is 8.74. The molecule has 0 aliphatic heterocycles. The molecule has 0 aliphatic carbocycles. The molecule has 0 heterocycles. The summed E-state index contributed by atoms with van der Waals surface area (Å²) in [5.74, 6) is 0. The van der Waals surface area contributed by atoms with E-state index in [4.69, 9.17) is 5.11 Å². The van der Waals surface area contributed by atoms with Gasteiger partial charge in [0.25, 0.3) is 0 Å². The lowest BCUT2D eigenvalue weighted by atomic mass is 9.90. The van der Waals surface area contributed by atoms with Crippen molar-refractivity contribution in [2.24, 2.45) is 5.41 Å². The van der Waals surface area contributed by atoms with E-state index in [0.717, 1.165) is 12.7 Å². The molecule has 0 aromatic rings. The molecule has 0 aromatic carbocycles. The second-order valence-electron chi connectivity index (χ2n) is 3.87. The van der Waals surface area contributed by atoms with E-state index in [1.165, 1.54) is 6.42 Å². The second-order valence-corrected chi connectivity index (χ2v) is 3.87. The van der Waals surface area contributed by atoms with E-state index < -0.39 is 0 Å². The summed E-state index contributed by atoms with van der Waals surface area (Å²) in [5.41, 5.74) is 0.410. The van der Waals surface area contributed by atoms with Crippen LogP contribution in [0.3, 0.4) is 0 Å². The zero-order valence-corrected chi connectivity index (χ0v) is 7.67. The maximum Gasteiger partial charge on any atom is 0.0791 e. The number of hydrogen-bond acceptors (Lipinski definition) is 1. The minimum Gasteiger partial charge on any atom is -0.516 e. The van der Waals surface area contributed by atoms with Crippen LogP contribution < -0.4 is 0 Å². The van der Waals surface area contributed by atoms with Gasteiger partial charge >= 0.3 is 0 Å². The lowest BCUT2D eigenvalue weighted by molar-refractivity contribution is 0.381. The second kappa shape index (κ2) is 5.00. The monoisotopic (exact) mass is 154 g/mol. The zero-order valence-electron chi connectivity index (χ0n) is 7.67. The van der Waals surface area contributed by atoms with E-state index in [2.05, 4.69) is 26.8 Å². The van der Waals surface area contributed by atoms with Crippen LogP contribution in [0.4, 0.5) is 0 Å². The molecule has 1 nitrogen and oxygen atoms in total. The third-order valence-electron chi connectivity index (χ3n) is 1.39. The van der Waals surface area contributed by atoms with Gasteiger partial charge in [0.15, 0.2) is 0 Å². The largest absolute Gasteiger partial charge is 0.516 e. The van der Waals surface area contributed by atoms with Crippen molar-refractivity contribution in [2.75, 3.05) is 0 Å². The first-order valence-corrected chi connectivity index (χ1v) is 4.02. The van der Waals surface area contributed by atoms with Crippen molar-refractivity contribution >= 4 is 0 Å². The van der Waals surface area contributed by atoms with Crippen LogP contribution in [0.1, 0.15) is 33.6 Å². The van der Waals surface area contributed by atoms with Crippen LogP contribution in [-0.2, 0) is 0 Å². The highest BCUT2D eigenvalue weighted by molar-refractivity contribution is 4.99. The minimum atomic E-state index is 0.410. The van der Waals surface area contributed by atoms with Gasteiger partial charge in [0.2, 0.25) is 0 Å². The molecule has 0 saturated carbocycles. The highest BCUT2D eigenvalue weighted by Gasteiger charge is 2.06. The summed E-state index contributed by atoms with van der Waals surface area (Å²) in [6.07, 6.45) is 8.87. The van der Waals surface area contributed by atoms with Gasteiger partial charge in [-0.15, -0.1) is 0 Å². The van der Waals surface area contributed by atoms with Gasteiger partial charge in [0, 0.05) is 0 Å². The van der Waals surface area contributed by atoms with Crippen LogP contribution >= 0.6 is 0 Å². The van der Waals surface area contributed by atoms with Gasteiger partial charge in [0.05, 0.1) is 6.26 Å². The molecular weight excluding hydrogens is 136 g/mol. The van der Waals surface area contributed by atoms with Gasteiger partial charge in [-0.25, -0.2) is 0 Å². The summed E-state index contributed by atoms with van der Waals surface area (Å²) in [5, 5.41) is 8.29. The Balaban J connectivity index is 3.42. The lowest BCUT2D eigenvalue weighted by Crippen LogP contribution is -2.02. The Hall–Kier alpha value is -0.720. The van der Waals surface area contributed by atoms with Crippen LogP contribution in [0.2, 0.25) is 0 Å². The average Bonchev–Trinajstić information content (AvgIpc) is 1.85. The number of hydrogen-bond donors (Lipinski definition) is 1. The van der Waals surface area contributed by atoms with E-state index in [9.17, 15) is 0 Å². The molecular formula is C10H18O. The quantitative estimate of drug-likeness (QED) is 0.487. The Labute approximate surface area is 69.4 Å². The van der Waals surface area contributed by atoms with Crippen molar-refractivity contribution in [2.45, 2.75) is 33.6 Å². The van der Waals surface area contributed by atoms with E-state index in [-0.39, 0.29) is 0 Å². The van der Waals surface area contributed by atoms with Gasteiger partial charge in [-0.05, 0) is 24.3 Å². The molecule has 0 radical (unpaired) electrons. The molecule has 11 heavy (non-hydrogen) atoms. The molecule has 0 aliphatic rings. The van der Waals surface area contributed by atoms with Crippen LogP contribution in [-0.4, -0.2) is 5.11 Å². The summed E-state index contributed by atoms with van der Waals surface area (Å²) in [6, 6.07) is 0. The predicted octanol–water partition coefficient (Wildman–Crippen LogP) is 3.44. The van der Waals surface area contributed by atoms with Crippen molar-refractivity contribution in [3.05, 3.63) is 24.5 Å². The Kier molecular flexibility index (Phi) is 4.67. The lowest BCUT2D eigenvalue weighted by Gasteiger charge is -2.15. The molecule has 1 N–H and O–H groups in total. The van der Waals surface area contributed by atoms with Crippen molar-refractivity contribution in [1.29, 1.82) is 0 Å². The molecule has 0 saturated heterocycles. The summed E-state index contributed by atoms with van der Waals surface area (Å²) in [7, 11) is 0. The van der Waals surface area contributed by atoms with E-state index >= 15 is 0 Å². The maximum absolute atomic E-state index is 8.29. The van der Waals surface area contributed by atoms with Gasteiger partial charge in [-0.2, -0.15) is 0 Å². The van der Waals surface area contributed by atoms with Gasteiger partial charge in [-0.3, -0.25) is 0 Å². The third-order valence-corrected chi connectivity index (χ3v) is 1.39. The SMILES string of the molecule is CC(C)(C)CC/C=C/C=C/O. The number of aliphatic hydroxyl groups is 1. The highest BCUT2D eigenvalue weighted by Crippen LogP contribution is 2.20. The molecule has 64 valence electrons. The van der Waals surface area contributed by atoms with Crippen molar-refractivity contribution < 1.29 is 5.11 Å². The van der Waals surface area contributed by atoms with Crippen molar-refractivity contribution in [3.8, 4) is 0 Å². The fourth-order valence-electron chi connectivity index (χ4n) is 0.741. The molecule has 0 rings (SSSR count).